The molecule has 0 saturated carbocycles. The average molecular weight is 580 g/mol. The SMILES string of the molecule is Cc1cc(OCCCc2ccc3c(c2)C(=O)N(C(CC(=O)O)c2ccccc2)C(c2ccccc2)C(=O)N3C)nc(N)n1. The minimum absolute atomic E-state index is 0.146. The van der Waals surface area contributed by atoms with Crippen molar-refractivity contribution in [2.45, 2.75) is 38.3 Å². The number of likely N-dealkylation sites (N-methyl/N-ethyl adjacent to an activating group) is 1. The summed E-state index contributed by atoms with van der Waals surface area (Å²) in [6.45, 7) is 2.18. The number of hydrogen-bond donors (Lipinski definition) is 2. The van der Waals surface area contributed by atoms with Crippen molar-refractivity contribution in [1.29, 1.82) is 0 Å². The molecule has 43 heavy (non-hydrogen) atoms. The van der Waals surface area contributed by atoms with Crippen LogP contribution in [0.25, 0.3) is 0 Å². The topological polar surface area (TPSA) is 139 Å². The number of amides is 2. The number of aromatic nitrogens is 2. The summed E-state index contributed by atoms with van der Waals surface area (Å²) in [5.74, 6) is -1.27. The molecule has 0 radical (unpaired) electrons. The molecule has 3 N–H and O–H groups in total. The van der Waals surface area contributed by atoms with Gasteiger partial charge in [-0.15, -0.1) is 0 Å². The molecule has 0 fully saturated rings. The van der Waals surface area contributed by atoms with Crippen molar-refractivity contribution < 1.29 is 24.2 Å². The van der Waals surface area contributed by atoms with Gasteiger partial charge in [0, 0.05) is 18.8 Å². The number of ether oxygens (including phenoxy) is 1. The number of nitrogen functional groups attached to an aromatic ring is 1. The van der Waals surface area contributed by atoms with Gasteiger partial charge in [-0.1, -0.05) is 66.7 Å². The van der Waals surface area contributed by atoms with Crippen LogP contribution in [0.3, 0.4) is 0 Å². The maximum atomic E-state index is 14.5. The Balaban J connectivity index is 1.50. The number of nitrogens with two attached hydrogens (primary N) is 1. The first-order valence-electron chi connectivity index (χ1n) is 14.0. The summed E-state index contributed by atoms with van der Waals surface area (Å²) in [5, 5.41) is 9.92. The molecule has 4 aromatic rings. The number of carbonyl (C=O) groups is 3. The van der Waals surface area contributed by atoms with Crippen LogP contribution in [0.4, 0.5) is 11.6 Å². The molecule has 2 amide bonds. The summed E-state index contributed by atoms with van der Waals surface area (Å²) in [5.41, 5.74) is 9.33. The van der Waals surface area contributed by atoms with Gasteiger partial charge in [-0.2, -0.15) is 4.98 Å². The number of aryl methyl sites for hydroxylation is 2. The summed E-state index contributed by atoms with van der Waals surface area (Å²) < 4.78 is 5.76. The third-order valence-electron chi connectivity index (χ3n) is 7.44. The van der Waals surface area contributed by atoms with Crippen LogP contribution >= 0.6 is 0 Å². The fraction of sp³-hybridized carbons (Fsp3) is 0.242. The van der Waals surface area contributed by atoms with Crippen LogP contribution in [0, 0.1) is 6.92 Å². The smallest absolute Gasteiger partial charge is 0.305 e. The molecule has 1 aliphatic heterocycles. The van der Waals surface area contributed by atoms with Crippen molar-refractivity contribution in [3.05, 3.63) is 113 Å². The van der Waals surface area contributed by atoms with E-state index in [1.165, 1.54) is 9.80 Å². The van der Waals surface area contributed by atoms with Gasteiger partial charge in [0.25, 0.3) is 11.8 Å². The first kappa shape index (κ1) is 29.2. The van der Waals surface area contributed by atoms with Gasteiger partial charge in [0.2, 0.25) is 11.8 Å². The first-order valence-corrected chi connectivity index (χ1v) is 14.0. The molecule has 10 nitrogen and oxygen atoms in total. The molecule has 2 heterocycles. The summed E-state index contributed by atoms with van der Waals surface area (Å²) in [4.78, 5) is 51.9. The van der Waals surface area contributed by atoms with Crippen LogP contribution in [0.2, 0.25) is 0 Å². The average Bonchev–Trinajstić information content (AvgIpc) is 3.07. The highest BCUT2D eigenvalue weighted by Gasteiger charge is 2.43. The zero-order valence-electron chi connectivity index (χ0n) is 24.0. The Morgan fingerprint density at radius 1 is 1.00 bits per heavy atom. The number of carboxylic acid groups (broad SMARTS) is 1. The molecular weight excluding hydrogens is 546 g/mol. The Bertz CT molecular complexity index is 1610. The molecule has 0 spiro atoms. The predicted molar refractivity (Wildman–Crippen MR) is 162 cm³/mol. The lowest BCUT2D eigenvalue weighted by atomic mass is 9.95. The van der Waals surface area contributed by atoms with E-state index in [2.05, 4.69) is 9.97 Å². The summed E-state index contributed by atoms with van der Waals surface area (Å²) in [6.07, 6.45) is 0.860. The number of fused-ring (bicyclic) bond motifs is 1. The second kappa shape index (κ2) is 12.7. The van der Waals surface area contributed by atoms with E-state index in [1.807, 2.05) is 25.1 Å². The lowest BCUT2D eigenvalue weighted by Gasteiger charge is -2.36. The van der Waals surface area contributed by atoms with Gasteiger partial charge in [0.15, 0.2) is 0 Å². The molecule has 0 saturated heterocycles. The van der Waals surface area contributed by atoms with Gasteiger partial charge in [0.1, 0.15) is 6.04 Å². The molecule has 2 atom stereocenters. The van der Waals surface area contributed by atoms with Gasteiger partial charge in [-0.05, 0) is 48.6 Å². The molecule has 2 unspecified atom stereocenters. The Morgan fingerprint density at radius 3 is 2.37 bits per heavy atom. The Kier molecular flexibility index (Phi) is 8.66. The number of nitrogens with zero attached hydrogens (tertiary/aromatic N) is 4. The Labute approximate surface area is 249 Å². The van der Waals surface area contributed by atoms with E-state index in [0.29, 0.717) is 53.4 Å². The minimum atomic E-state index is -1.08. The summed E-state index contributed by atoms with van der Waals surface area (Å²) in [6, 6.07) is 23.2. The molecule has 0 aliphatic carbocycles. The molecular formula is C33H33N5O5. The summed E-state index contributed by atoms with van der Waals surface area (Å²) >= 11 is 0. The van der Waals surface area contributed by atoms with Gasteiger partial charge >= 0.3 is 5.97 Å². The highest BCUT2D eigenvalue weighted by atomic mass is 16.5. The maximum Gasteiger partial charge on any atom is 0.305 e. The maximum absolute atomic E-state index is 14.5. The quantitative estimate of drug-likeness (QED) is 0.257. The van der Waals surface area contributed by atoms with Crippen LogP contribution in [-0.4, -0.2) is 51.4 Å². The van der Waals surface area contributed by atoms with Crippen molar-refractivity contribution in [1.82, 2.24) is 14.9 Å². The fourth-order valence-electron chi connectivity index (χ4n) is 5.45. The van der Waals surface area contributed by atoms with Crippen LogP contribution < -0.4 is 15.4 Å². The van der Waals surface area contributed by atoms with E-state index in [9.17, 15) is 19.5 Å². The highest BCUT2D eigenvalue weighted by molar-refractivity contribution is 6.11. The first-order chi connectivity index (χ1) is 20.7. The lowest BCUT2D eigenvalue weighted by Crippen LogP contribution is -2.43. The van der Waals surface area contributed by atoms with Gasteiger partial charge in [0.05, 0.1) is 30.3 Å². The third kappa shape index (κ3) is 6.48. The number of carboxylic acids is 1. The van der Waals surface area contributed by atoms with E-state index in [4.69, 9.17) is 10.5 Å². The van der Waals surface area contributed by atoms with E-state index in [-0.39, 0.29) is 18.3 Å². The van der Waals surface area contributed by atoms with E-state index < -0.39 is 24.0 Å². The second-order valence-electron chi connectivity index (χ2n) is 10.5. The number of benzene rings is 3. The second-order valence-corrected chi connectivity index (χ2v) is 10.5. The van der Waals surface area contributed by atoms with Gasteiger partial charge in [-0.25, -0.2) is 4.98 Å². The van der Waals surface area contributed by atoms with Crippen molar-refractivity contribution in [3.63, 3.8) is 0 Å². The molecule has 220 valence electrons. The standard InChI is InChI=1S/C33H33N5O5/c1-21-18-28(36-33(34)35-21)43-17-9-10-22-15-16-26-25(19-22)31(41)38(27(20-29(39)40)23-11-5-3-6-12-23)30(32(42)37(26)2)24-13-7-4-8-14-24/h3-8,11-16,18-19,27,30H,9-10,17,20H2,1-2H3,(H,39,40)(H2,34,35,36). The lowest BCUT2D eigenvalue weighted by molar-refractivity contribution is -0.139. The number of anilines is 2. The molecule has 10 heteroatoms. The van der Waals surface area contributed by atoms with E-state index in [1.54, 1.807) is 73.8 Å². The van der Waals surface area contributed by atoms with E-state index in [0.717, 1.165) is 5.56 Å². The van der Waals surface area contributed by atoms with Crippen molar-refractivity contribution >= 4 is 29.4 Å². The Morgan fingerprint density at radius 2 is 1.70 bits per heavy atom. The monoisotopic (exact) mass is 579 g/mol. The van der Waals surface area contributed by atoms with Crippen LogP contribution in [-0.2, 0) is 16.0 Å². The predicted octanol–water partition coefficient (Wildman–Crippen LogP) is 4.75. The molecule has 0 bridgehead atoms. The van der Waals surface area contributed by atoms with Crippen LogP contribution in [0.15, 0.2) is 84.9 Å². The van der Waals surface area contributed by atoms with Gasteiger partial charge < -0.3 is 25.4 Å². The van der Waals surface area contributed by atoms with E-state index >= 15 is 0 Å². The van der Waals surface area contributed by atoms with Crippen molar-refractivity contribution in [2.24, 2.45) is 0 Å². The minimum Gasteiger partial charge on any atom is -0.481 e. The van der Waals surface area contributed by atoms with Crippen LogP contribution in [0.1, 0.15) is 57.7 Å². The molecule has 3 aromatic carbocycles. The number of carbonyl (C=O) groups excluding carboxylic acids is 2. The fourth-order valence-corrected chi connectivity index (χ4v) is 5.45. The normalized spacial score (nSPS) is 15.5. The molecule has 5 rings (SSSR count). The van der Waals surface area contributed by atoms with Gasteiger partial charge in [-0.3, -0.25) is 14.4 Å². The largest absolute Gasteiger partial charge is 0.481 e. The summed E-state index contributed by atoms with van der Waals surface area (Å²) in [7, 11) is 1.64. The van der Waals surface area contributed by atoms with Crippen molar-refractivity contribution in [2.75, 3.05) is 24.3 Å². The number of hydrogen-bond acceptors (Lipinski definition) is 7. The molecule has 1 aliphatic rings. The van der Waals surface area contributed by atoms with Crippen LogP contribution in [0.5, 0.6) is 5.88 Å². The zero-order valence-corrected chi connectivity index (χ0v) is 24.0. The number of rotatable bonds is 10. The molecule has 1 aromatic heterocycles. The third-order valence-corrected chi connectivity index (χ3v) is 7.44. The zero-order chi connectivity index (χ0) is 30.5. The highest BCUT2D eigenvalue weighted by Crippen LogP contribution is 2.40. The number of aliphatic carboxylic acids is 1. The Hall–Kier alpha value is -5.25. The van der Waals surface area contributed by atoms with Crippen molar-refractivity contribution in [3.8, 4) is 5.88 Å².